The monoisotopic (exact) mass is 237 g/mol. The Morgan fingerprint density at radius 3 is 2.24 bits per heavy atom. The van der Waals surface area contributed by atoms with Crippen LogP contribution in [0.25, 0.3) is 11.1 Å². The van der Waals surface area contributed by atoms with E-state index in [0.717, 1.165) is 12.1 Å². The number of benzene rings is 2. The van der Waals surface area contributed by atoms with Gasteiger partial charge in [0.1, 0.15) is 17.5 Å². The maximum atomic E-state index is 13.6. The van der Waals surface area contributed by atoms with E-state index in [1.165, 1.54) is 25.1 Å². The summed E-state index contributed by atoms with van der Waals surface area (Å²) in [4.78, 5) is 0. The number of nitrogens with two attached hydrogens (primary N) is 1. The molecule has 2 rings (SSSR count). The van der Waals surface area contributed by atoms with Gasteiger partial charge in [0.05, 0.1) is 5.69 Å². The summed E-state index contributed by atoms with van der Waals surface area (Å²) >= 11 is 0. The highest BCUT2D eigenvalue weighted by Crippen LogP contribution is 2.27. The first-order valence-corrected chi connectivity index (χ1v) is 5.00. The summed E-state index contributed by atoms with van der Waals surface area (Å²) in [6.45, 7) is 1.52. The summed E-state index contributed by atoms with van der Waals surface area (Å²) in [6, 6.07) is 6.11. The minimum Gasteiger partial charge on any atom is -0.396 e. The van der Waals surface area contributed by atoms with Gasteiger partial charge in [0.25, 0.3) is 0 Å². The highest BCUT2D eigenvalue weighted by molar-refractivity contribution is 5.67. The van der Waals surface area contributed by atoms with Gasteiger partial charge in [-0.1, -0.05) is 6.07 Å². The number of anilines is 1. The van der Waals surface area contributed by atoms with Crippen molar-refractivity contribution in [2.45, 2.75) is 6.92 Å². The lowest BCUT2D eigenvalue weighted by molar-refractivity contribution is 0.579. The summed E-state index contributed by atoms with van der Waals surface area (Å²) in [7, 11) is 0. The Labute approximate surface area is 96.7 Å². The summed E-state index contributed by atoms with van der Waals surface area (Å²) < 4.78 is 39.9. The van der Waals surface area contributed by atoms with Crippen molar-refractivity contribution in [3.05, 3.63) is 53.3 Å². The van der Waals surface area contributed by atoms with Crippen molar-refractivity contribution >= 4 is 5.69 Å². The van der Waals surface area contributed by atoms with Crippen LogP contribution in [0.4, 0.5) is 18.9 Å². The van der Waals surface area contributed by atoms with Crippen LogP contribution in [-0.2, 0) is 0 Å². The molecule has 0 unspecified atom stereocenters. The van der Waals surface area contributed by atoms with Crippen LogP contribution in [0.2, 0.25) is 0 Å². The second-order valence-electron chi connectivity index (χ2n) is 3.82. The zero-order chi connectivity index (χ0) is 12.6. The van der Waals surface area contributed by atoms with Crippen LogP contribution in [0.3, 0.4) is 0 Å². The fraction of sp³-hybridized carbons (Fsp3) is 0.0769. The topological polar surface area (TPSA) is 26.0 Å². The predicted molar refractivity (Wildman–Crippen MR) is 60.9 cm³/mol. The molecule has 0 radical (unpaired) electrons. The molecule has 0 aliphatic heterocycles. The molecular formula is C13H10F3N. The molecule has 0 heterocycles. The average molecular weight is 237 g/mol. The van der Waals surface area contributed by atoms with Gasteiger partial charge < -0.3 is 5.73 Å². The first-order valence-electron chi connectivity index (χ1n) is 5.00. The molecule has 0 saturated heterocycles. The molecule has 0 aliphatic rings. The molecule has 0 aromatic heterocycles. The minimum atomic E-state index is -0.725. The number of nitrogen functional groups attached to an aromatic ring is 1. The number of hydrogen-bond acceptors (Lipinski definition) is 1. The van der Waals surface area contributed by atoms with E-state index in [2.05, 4.69) is 0 Å². The van der Waals surface area contributed by atoms with Gasteiger partial charge in [-0.25, -0.2) is 13.2 Å². The molecule has 2 aromatic carbocycles. The number of rotatable bonds is 1. The fourth-order valence-corrected chi connectivity index (χ4v) is 1.57. The summed E-state index contributed by atoms with van der Waals surface area (Å²) in [5, 5.41) is 0. The van der Waals surface area contributed by atoms with Crippen LogP contribution in [0.15, 0.2) is 30.3 Å². The van der Waals surface area contributed by atoms with Crippen LogP contribution in [-0.4, -0.2) is 0 Å². The van der Waals surface area contributed by atoms with Gasteiger partial charge >= 0.3 is 0 Å². The molecule has 0 aliphatic carbocycles. The Hall–Kier alpha value is -1.97. The molecule has 0 amide bonds. The third-order valence-corrected chi connectivity index (χ3v) is 2.56. The van der Waals surface area contributed by atoms with Gasteiger partial charge in [0.2, 0.25) is 0 Å². The van der Waals surface area contributed by atoms with Crippen molar-refractivity contribution in [1.29, 1.82) is 0 Å². The van der Waals surface area contributed by atoms with Crippen molar-refractivity contribution in [3.8, 4) is 11.1 Å². The van der Waals surface area contributed by atoms with Crippen molar-refractivity contribution in [3.63, 3.8) is 0 Å². The minimum absolute atomic E-state index is 0.00649. The smallest absolute Gasteiger partial charge is 0.146 e. The van der Waals surface area contributed by atoms with Crippen LogP contribution < -0.4 is 5.73 Å². The molecule has 0 spiro atoms. The Morgan fingerprint density at radius 1 is 0.882 bits per heavy atom. The van der Waals surface area contributed by atoms with Crippen LogP contribution >= 0.6 is 0 Å². The molecule has 2 aromatic rings. The van der Waals surface area contributed by atoms with Crippen LogP contribution in [0, 0.1) is 24.4 Å². The zero-order valence-electron chi connectivity index (χ0n) is 9.10. The number of hydrogen-bond donors (Lipinski definition) is 1. The summed E-state index contributed by atoms with van der Waals surface area (Å²) in [5.41, 5.74) is 6.11. The van der Waals surface area contributed by atoms with E-state index in [9.17, 15) is 13.2 Å². The lowest BCUT2D eigenvalue weighted by Gasteiger charge is -2.07. The van der Waals surface area contributed by atoms with Gasteiger partial charge in [-0.2, -0.15) is 0 Å². The molecular weight excluding hydrogens is 227 g/mol. The van der Waals surface area contributed by atoms with E-state index >= 15 is 0 Å². The van der Waals surface area contributed by atoms with Gasteiger partial charge in [0.15, 0.2) is 0 Å². The normalized spacial score (nSPS) is 10.6. The number of aryl methyl sites for hydroxylation is 1. The number of halogens is 3. The first-order chi connectivity index (χ1) is 7.99. The third-order valence-electron chi connectivity index (χ3n) is 2.56. The van der Waals surface area contributed by atoms with Crippen molar-refractivity contribution in [2.24, 2.45) is 0 Å². The van der Waals surface area contributed by atoms with Crippen LogP contribution in [0.1, 0.15) is 5.56 Å². The molecule has 0 bridgehead atoms. The molecule has 2 N–H and O–H groups in total. The molecule has 17 heavy (non-hydrogen) atoms. The van der Waals surface area contributed by atoms with Crippen molar-refractivity contribution < 1.29 is 13.2 Å². The second-order valence-corrected chi connectivity index (χ2v) is 3.82. The second kappa shape index (κ2) is 4.13. The lowest BCUT2D eigenvalue weighted by atomic mass is 10.0. The van der Waals surface area contributed by atoms with E-state index in [0.29, 0.717) is 11.1 Å². The quantitative estimate of drug-likeness (QED) is 0.752. The van der Waals surface area contributed by atoms with Crippen molar-refractivity contribution in [1.82, 2.24) is 0 Å². The SMILES string of the molecule is Cc1cc(-c2ccc(N)c(F)c2)c(F)cc1F. The van der Waals surface area contributed by atoms with Gasteiger partial charge in [-0.3, -0.25) is 0 Å². The van der Waals surface area contributed by atoms with E-state index in [-0.39, 0.29) is 11.3 Å². The Balaban J connectivity index is 2.60. The third kappa shape index (κ3) is 2.11. The maximum Gasteiger partial charge on any atom is 0.146 e. The summed E-state index contributed by atoms with van der Waals surface area (Å²) in [6.07, 6.45) is 0. The van der Waals surface area contributed by atoms with E-state index < -0.39 is 17.5 Å². The standard InChI is InChI=1S/C13H10F3N/c1-7-4-9(11(15)6-10(7)14)8-2-3-13(17)12(16)5-8/h2-6H,17H2,1H3. The van der Waals surface area contributed by atoms with E-state index in [4.69, 9.17) is 5.73 Å². The highest BCUT2D eigenvalue weighted by Gasteiger charge is 2.10. The Bertz CT molecular complexity index is 579. The highest BCUT2D eigenvalue weighted by atomic mass is 19.1. The van der Waals surface area contributed by atoms with Gasteiger partial charge in [-0.05, 0) is 36.2 Å². The largest absolute Gasteiger partial charge is 0.396 e. The molecule has 0 atom stereocenters. The van der Waals surface area contributed by atoms with E-state index in [1.807, 2.05) is 0 Å². The molecule has 0 fully saturated rings. The van der Waals surface area contributed by atoms with Gasteiger partial charge in [0, 0.05) is 11.6 Å². The fourth-order valence-electron chi connectivity index (χ4n) is 1.57. The maximum absolute atomic E-state index is 13.6. The zero-order valence-corrected chi connectivity index (χ0v) is 9.10. The van der Waals surface area contributed by atoms with Crippen molar-refractivity contribution in [2.75, 3.05) is 5.73 Å². The predicted octanol–water partition coefficient (Wildman–Crippen LogP) is 3.66. The Kier molecular flexibility index (Phi) is 2.79. The van der Waals surface area contributed by atoms with Crippen LogP contribution in [0.5, 0.6) is 0 Å². The molecule has 4 heteroatoms. The first kappa shape index (κ1) is 11.5. The Morgan fingerprint density at radius 2 is 1.59 bits per heavy atom. The summed E-state index contributed by atoms with van der Waals surface area (Å²) in [5.74, 6) is -1.97. The molecule has 88 valence electrons. The lowest BCUT2D eigenvalue weighted by Crippen LogP contribution is -1.93. The van der Waals surface area contributed by atoms with E-state index in [1.54, 1.807) is 0 Å². The molecule has 0 saturated carbocycles. The van der Waals surface area contributed by atoms with Gasteiger partial charge in [-0.15, -0.1) is 0 Å². The average Bonchev–Trinajstić information content (AvgIpc) is 2.27. The molecule has 1 nitrogen and oxygen atoms in total.